The zero-order chi connectivity index (χ0) is 12.4. The first-order valence-electron chi connectivity index (χ1n) is 4.80. The molecule has 0 unspecified atom stereocenters. The molecular formula is C9H10N2O5S. The molecule has 0 aromatic heterocycles. The van der Waals surface area contributed by atoms with Crippen LogP contribution in [0.4, 0.5) is 5.69 Å². The van der Waals surface area contributed by atoms with E-state index in [2.05, 4.69) is 0 Å². The van der Waals surface area contributed by atoms with Gasteiger partial charge in [0, 0.05) is 12.1 Å². The molecule has 1 aromatic carbocycles. The van der Waals surface area contributed by atoms with Crippen molar-refractivity contribution in [2.75, 3.05) is 6.61 Å². The minimum atomic E-state index is -1.82. The van der Waals surface area contributed by atoms with Crippen molar-refractivity contribution < 1.29 is 17.5 Å². The van der Waals surface area contributed by atoms with E-state index >= 15 is 0 Å². The zero-order valence-corrected chi connectivity index (χ0v) is 9.46. The maximum atomic E-state index is 11.1. The number of rotatable bonds is 2. The highest BCUT2D eigenvalue weighted by atomic mass is 32.2. The minimum Gasteiger partial charge on any atom is -0.323 e. The van der Waals surface area contributed by atoms with Crippen LogP contribution in [0.1, 0.15) is 11.7 Å². The summed E-state index contributed by atoms with van der Waals surface area (Å²) in [4.78, 5) is 9.99. The molecule has 92 valence electrons. The first-order valence-corrected chi connectivity index (χ1v) is 5.80. The Labute approximate surface area is 99.5 Å². The summed E-state index contributed by atoms with van der Waals surface area (Å²) in [5.74, 6) is 0. The molecule has 1 aromatic rings. The molecule has 17 heavy (non-hydrogen) atoms. The van der Waals surface area contributed by atoms with Crippen LogP contribution in [0.25, 0.3) is 0 Å². The number of non-ortho nitro benzene ring substituents is 1. The SMILES string of the molecule is N[C@H]1CO[S@@](=O)O[C@@H]1c1ccc([N+](=O)[O-])cc1. The van der Waals surface area contributed by atoms with Gasteiger partial charge in [-0.2, -0.15) is 4.21 Å². The highest BCUT2D eigenvalue weighted by Gasteiger charge is 2.29. The standard InChI is InChI=1S/C9H10N2O5S/c10-8-5-15-17(14)16-9(8)6-1-3-7(4-2-6)11(12)13/h1-4,8-9H,5,10H2/t8-,9+,17+/m0/s1. The van der Waals surface area contributed by atoms with E-state index < -0.39 is 28.4 Å². The summed E-state index contributed by atoms with van der Waals surface area (Å²) in [7, 11) is 0. The van der Waals surface area contributed by atoms with E-state index in [-0.39, 0.29) is 12.3 Å². The van der Waals surface area contributed by atoms with Gasteiger partial charge in [0.1, 0.15) is 6.10 Å². The number of benzene rings is 1. The van der Waals surface area contributed by atoms with Crippen molar-refractivity contribution in [2.24, 2.45) is 5.73 Å². The third-order valence-corrected chi connectivity index (χ3v) is 3.05. The van der Waals surface area contributed by atoms with E-state index in [9.17, 15) is 14.3 Å². The van der Waals surface area contributed by atoms with Crippen LogP contribution in [-0.4, -0.2) is 21.8 Å². The van der Waals surface area contributed by atoms with Gasteiger partial charge in [-0.25, -0.2) is 0 Å². The van der Waals surface area contributed by atoms with Crippen LogP contribution >= 0.6 is 0 Å². The summed E-state index contributed by atoms with van der Waals surface area (Å²) in [6.07, 6.45) is -0.578. The van der Waals surface area contributed by atoms with Crippen molar-refractivity contribution in [1.29, 1.82) is 0 Å². The summed E-state index contributed by atoms with van der Waals surface area (Å²) in [5.41, 5.74) is 6.37. The van der Waals surface area contributed by atoms with Crippen LogP contribution < -0.4 is 5.73 Å². The van der Waals surface area contributed by atoms with Crippen molar-refractivity contribution in [3.63, 3.8) is 0 Å². The van der Waals surface area contributed by atoms with Gasteiger partial charge in [0.25, 0.3) is 5.69 Å². The van der Waals surface area contributed by atoms with Crippen LogP contribution in [0.5, 0.6) is 0 Å². The van der Waals surface area contributed by atoms with E-state index in [0.29, 0.717) is 5.56 Å². The van der Waals surface area contributed by atoms with Crippen molar-refractivity contribution >= 4 is 17.0 Å². The summed E-state index contributed by atoms with van der Waals surface area (Å²) in [6.45, 7) is 0.119. The zero-order valence-electron chi connectivity index (χ0n) is 8.65. The molecule has 1 fully saturated rings. The number of nitro benzene ring substituents is 1. The molecule has 0 spiro atoms. The van der Waals surface area contributed by atoms with Crippen molar-refractivity contribution in [3.8, 4) is 0 Å². The summed E-state index contributed by atoms with van der Waals surface area (Å²) in [5, 5.41) is 10.5. The summed E-state index contributed by atoms with van der Waals surface area (Å²) < 4.78 is 20.8. The number of hydrogen-bond donors (Lipinski definition) is 1. The van der Waals surface area contributed by atoms with E-state index in [1.807, 2.05) is 0 Å². The second kappa shape index (κ2) is 4.88. The van der Waals surface area contributed by atoms with Gasteiger partial charge in [-0.05, 0) is 17.7 Å². The molecule has 0 radical (unpaired) electrons. The lowest BCUT2D eigenvalue weighted by Crippen LogP contribution is -2.39. The maximum absolute atomic E-state index is 11.1. The van der Waals surface area contributed by atoms with Gasteiger partial charge in [0.2, 0.25) is 0 Å². The Morgan fingerprint density at radius 1 is 1.41 bits per heavy atom. The highest BCUT2D eigenvalue weighted by molar-refractivity contribution is 7.75. The molecular weight excluding hydrogens is 248 g/mol. The second-order valence-electron chi connectivity index (χ2n) is 3.52. The second-order valence-corrected chi connectivity index (χ2v) is 4.35. The number of nitro groups is 1. The van der Waals surface area contributed by atoms with Gasteiger partial charge in [-0.3, -0.25) is 18.5 Å². The van der Waals surface area contributed by atoms with Gasteiger partial charge < -0.3 is 5.73 Å². The molecule has 1 saturated heterocycles. The van der Waals surface area contributed by atoms with E-state index in [1.54, 1.807) is 0 Å². The van der Waals surface area contributed by atoms with Gasteiger partial charge in [-0.1, -0.05) is 0 Å². The number of nitrogens with zero attached hydrogens (tertiary/aromatic N) is 1. The predicted octanol–water partition coefficient (Wildman–Crippen LogP) is 0.589. The maximum Gasteiger partial charge on any atom is 0.305 e. The van der Waals surface area contributed by atoms with Crippen LogP contribution in [0.3, 0.4) is 0 Å². The fraction of sp³-hybridized carbons (Fsp3) is 0.333. The molecule has 0 aliphatic carbocycles. The largest absolute Gasteiger partial charge is 0.323 e. The predicted molar refractivity (Wildman–Crippen MR) is 59.0 cm³/mol. The molecule has 3 atom stereocenters. The Bertz CT molecular complexity index is 449. The van der Waals surface area contributed by atoms with Crippen LogP contribution in [0.2, 0.25) is 0 Å². The fourth-order valence-electron chi connectivity index (χ4n) is 1.49. The molecule has 2 rings (SSSR count). The topological polar surface area (TPSA) is 105 Å². The lowest BCUT2D eigenvalue weighted by atomic mass is 10.0. The Morgan fingerprint density at radius 2 is 2.06 bits per heavy atom. The Balaban J connectivity index is 2.21. The molecule has 7 nitrogen and oxygen atoms in total. The van der Waals surface area contributed by atoms with Crippen molar-refractivity contribution in [2.45, 2.75) is 12.1 Å². The molecule has 8 heteroatoms. The average molecular weight is 258 g/mol. The van der Waals surface area contributed by atoms with Crippen LogP contribution in [0, 0.1) is 10.1 Å². The lowest BCUT2D eigenvalue weighted by molar-refractivity contribution is -0.384. The van der Waals surface area contributed by atoms with E-state index in [0.717, 1.165) is 0 Å². The average Bonchev–Trinajstić information content (AvgIpc) is 2.32. The summed E-state index contributed by atoms with van der Waals surface area (Å²) in [6, 6.07) is 5.32. The normalized spacial score (nSPS) is 28.9. The number of hydrogen-bond acceptors (Lipinski definition) is 6. The highest BCUT2D eigenvalue weighted by Crippen LogP contribution is 2.27. The van der Waals surface area contributed by atoms with E-state index in [4.69, 9.17) is 14.1 Å². The van der Waals surface area contributed by atoms with Crippen LogP contribution in [-0.2, 0) is 19.7 Å². The molecule has 0 bridgehead atoms. The van der Waals surface area contributed by atoms with Crippen molar-refractivity contribution in [3.05, 3.63) is 39.9 Å². The summed E-state index contributed by atoms with van der Waals surface area (Å²) >= 11 is -1.82. The first-order chi connectivity index (χ1) is 8.08. The molecule has 1 aliphatic rings. The molecule has 0 saturated carbocycles. The quantitative estimate of drug-likeness (QED) is 0.614. The molecule has 0 amide bonds. The minimum absolute atomic E-state index is 0.0181. The molecule has 1 aliphatic heterocycles. The van der Waals surface area contributed by atoms with Crippen molar-refractivity contribution in [1.82, 2.24) is 0 Å². The van der Waals surface area contributed by atoms with Gasteiger partial charge in [0.15, 0.2) is 0 Å². The van der Waals surface area contributed by atoms with E-state index in [1.165, 1.54) is 24.3 Å². The Hall–Kier alpha value is -1.35. The van der Waals surface area contributed by atoms with Gasteiger partial charge in [-0.15, -0.1) is 0 Å². The smallest absolute Gasteiger partial charge is 0.305 e. The fourth-order valence-corrected chi connectivity index (χ4v) is 2.24. The molecule has 1 heterocycles. The monoisotopic (exact) mass is 258 g/mol. The van der Waals surface area contributed by atoms with Crippen LogP contribution in [0.15, 0.2) is 24.3 Å². The third-order valence-electron chi connectivity index (χ3n) is 2.36. The third kappa shape index (κ3) is 2.67. The molecule has 2 N–H and O–H groups in total. The first kappa shape index (κ1) is 12.1. The number of nitrogens with two attached hydrogens (primary N) is 1. The van der Waals surface area contributed by atoms with Gasteiger partial charge in [0.05, 0.1) is 17.6 Å². The lowest BCUT2D eigenvalue weighted by Gasteiger charge is -2.27. The Morgan fingerprint density at radius 3 is 2.65 bits per heavy atom. The Kier molecular flexibility index (Phi) is 3.48. The van der Waals surface area contributed by atoms with Gasteiger partial charge >= 0.3 is 11.4 Å².